The molecule has 19 heavy (non-hydrogen) atoms. The largest absolute Gasteiger partial charge is 0.494 e. The molecule has 2 nitrogen and oxygen atoms in total. The summed E-state index contributed by atoms with van der Waals surface area (Å²) >= 11 is 3.45. The van der Waals surface area contributed by atoms with Gasteiger partial charge in [-0.15, -0.1) is 0 Å². The number of hydrogen-bond donors (Lipinski definition) is 1. The van der Waals surface area contributed by atoms with Gasteiger partial charge in [-0.1, -0.05) is 46.3 Å². The van der Waals surface area contributed by atoms with Crippen molar-refractivity contribution in [2.24, 2.45) is 0 Å². The average molecular weight is 321 g/mol. The van der Waals surface area contributed by atoms with Gasteiger partial charge in [-0.3, -0.25) is 0 Å². The number of aliphatic hydroxyl groups is 1. The Kier molecular flexibility index (Phi) is 5.43. The van der Waals surface area contributed by atoms with Gasteiger partial charge < -0.3 is 9.84 Å². The standard InChI is InChI=1S/C16H17BrO2/c17-15-6-4-5-13(11-15)14(12-18)9-10-19-16-7-2-1-3-8-16/h1-8,11,14,18H,9-10,12H2. The first-order chi connectivity index (χ1) is 9.29. The molecule has 1 N–H and O–H groups in total. The Morgan fingerprint density at radius 3 is 2.53 bits per heavy atom. The summed E-state index contributed by atoms with van der Waals surface area (Å²) in [5.41, 5.74) is 1.13. The molecule has 0 aliphatic rings. The van der Waals surface area contributed by atoms with Crippen molar-refractivity contribution in [3.8, 4) is 5.75 Å². The first kappa shape index (κ1) is 14.1. The van der Waals surface area contributed by atoms with Gasteiger partial charge in [-0.05, 0) is 36.2 Å². The summed E-state index contributed by atoms with van der Waals surface area (Å²) in [6.07, 6.45) is 0.793. The van der Waals surface area contributed by atoms with Crippen LogP contribution in [0.1, 0.15) is 17.9 Å². The van der Waals surface area contributed by atoms with Crippen LogP contribution in [-0.2, 0) is 0 Å². The summed E-state index contributed by atoms with van der Waals surface area (Å²) in [5.74, 6) is 0.981. The second-order valence-electron chi connectivity index (χ2n) is 4.38. The number of para-hydroxylation sites is 1. The monoisotopic (exact) mass is 320 g/mol. The molecule has 0 aliphatic heterocycles. The molecule has 2 aromatic carbocycles. The van der Waals surface area contributed by atoms with Crippen molar-refractivity contribution in [3.05, 3.63) is 64.6 Å². The Morgan fingerprint density at radius 2 is 1.84 bits per heavy atom. The molecular weight excluding hydrogens is 304 g/mol. The van der Waals surface area contributed by atoms with Crippen LogP contribution in [0.15, 0.2) is 59.1 Å². The molecule has 3 heteroatoms. The molecule has 0 fully saturated rings. The molecule has 2 aromatic rings. The van der Waals surface area contributed by atoms with E-state index in [0.717, 1.165) is 22.2 Å². The molecule has 0 amide bonds. The van der Waals surface area contributed by atoms with Gasteiger partial charge in [-0.25, -0.2) is 0 Å². The lowest BCUT2D eigenvalue weighted by molar-refractivity contribution is 0.229. The van der Waals surface area contributed by atoms with Crippen LogP contribution in [0.5, 0.6) is 5.75 Å². The van der Waals surface area contributed by atoms with Crippen LogP contribution in [-0.4, -0.2) is 18.3 Å². The van der Waals surface area contributed by atoms with Crippen molar-refractivity contribution in [1.29, 1.82) is 0 Å². The number of halogens is 1. The maximum absolute atomic E-state index is 9.50. The fourth-order valence-corrected chi connectivity index (χ4v) is 2.38. The van der Waals surface area contributed by atoms with Gasteiger partial charge >= 0.3 is 0 Å². The highest BCUT2D eigenvalue weighted by Crippen LogP contribution is 2.23. The Hall–Kier alpha value is -1.32. The fraction of sp³-hybridized carbons (Fsp3) is 0.250. The van der Waals surface area contributed by atoms with Crippen molar-refractivity contribution in [2.45, 2.75) is 12.3 Å². The Bertz CT molecular complexity index is 499. The van der Waals surface area contributed by atoms with Crippen molar-refractivity contribution in [2.75, 3.05) is 13.2 Å². The third-order valence-corrected chi connectivity index (χ3v) is 3.51. The quantitative estimate of drug-likeness (QED) is 0.871. The zero-order chi connectivity index (χ0) is 13.5. The molecule has 100 valence electrons. The number of aliphatic hydroxyl groups excluding tert-OH is 1. The van der Waals surface area contributed by atoms with Crippen LogP contribution >= 0.6 is 15.9 Å². The molecule has 0 aromatic heterocycles. The third-order valence-electron chi connectivity index (χ3n) is 3.02. The molecule has 0 saturated carbocycles. The van der Waals surface area contributed by atoms with Crippen LogP contribution in [0.3, 0.4) is 0 Å². The highest BCUT2D eigenvalue weighted by molar-refractivity contribution is 9.10. The average Bonchev–Trinajstić information content (AvgIpc) is 2.45. The molecule has 0 aliphatic carbocycles. The van der Waals surface area contributed by atoms with Gasteiger partial charge in [0.05, 0.1) is 13.2 Å². The van der Waals surface area contributed by atoms with E-state index in [1.807, 2.05) is 54.6 Å². The number of ether oxygens (including phenoxy) is 1. The third kappa shape index (κ3) is 4.37. The van der Waals surface area contributed by atoms with E-state index in [2.05, 4.69) is 15.9 Å². The molecule has 1 unspecified atom stereocenters. The van der Waals surface area contributed by atoms with Crippen LogP contribution in [0.2, 0.25) is 0 Å². The van der Waals surface area contributed by atoms with Gasteiger partial charge in [0.1, 0.15) is 5.75 Å². The number of hydrogen-bond acceptors (Lipinski definition) is 2. The van der Waals surface area contributed by atoms with E-state index >= 15 is 0 Å². The number of benzene rings is 2. The van der Waals surface area contributed by atoms with Crippen molar-refractivity contribution >= 4 is 15.9 Å². The summed E-state index contributed by atoms with van der Waals surface area (Å²) in [4.78, 5) is 0. The lowest BCUT2D eigenvalue weighted by Gasteiger charge is -2.15. The molecule has 0 bridgehead atoms. The van der Waals surface area contributed by atoms with Crippen LogP contribution in [0, 0.1) is 0 Å². The van der Waals surface area contributed by atoms with E-state index in [9.17, 15) is 5.11 Å². The first-order valence-corrected chi connectivity index (χ1v) is 7.13. The van der Waals surface area contributed by atoms with Crippen molar-refractivity contribution in [1.82, 2.24) is 0 Å². The Balaban J connectivity index is 1.89. The van der Waals surface area contributed by atoms with Crippen LogP contribution in [0.25, 0.3) is 0 Å². The lowest BCUT2D eigenvalue weighted by Crippen LogP contribution is -2.09. The summed E-state index contributed by atoms with van der Waals surface area (Å²) in [6.45, 7) is 0.732. The zero-order valence-corrected chi connectivity index (χ0v) is 12.2. The highest BCUT2D eigenvalue weighted by Gasteiger charge is 2.10. The second kappa shape index (κ2) is 7.31. The SMILES string of the molecule is OCC(CCOc1ccccc1)c1cccc(Br)c1. The zero-order valence-electron chi connectivity index (χ0n) is 10.6. The van der Waals surface area contributed by atoms with E-state index in [-0.39, 0.29) is 12.5 Å². The summed E-state index contributed by atoms with van der Waals surface area (Å²) in [6, 6.07) is 17.8. The van der Waals surface area contributed by atoms with Gasteiger partial charge in [0.2, 0.25) is 0 Å². The minimum absolute atomic E-state index is 0.112. The lowest BCUT2D eigenvalue weighted by atomic mass is 9.97. The van der Waals surface area contributed by atoms with Gasteiger partial charge in [0.15, 0.2) is 0 Å². The maximum atomic E-state index is 9.50. The minimum Gasteiger partial charge on any atom is -0.494 e. The van der Waals surface area contributed by atoms with Crippen LogP contribution in [0.4, 0.5) is 0 Å². The fourth-order valence-electron chi connectivity index (χ4n) is 1.96. The molecule has 1 atom stereocenters. The smallest absolute Gasteiger partial charge is 0.119 e. The van der Waals surface area contributed by atoms with E-state index in [4.69, 9.17) is 4.74 Å². The molecule has 0 heterocycles. The summed E-state index contributed by atoms with van der Waals surface area (Å²) < 4.78 is 6.70. The van der Waals surface area contributed by atoms with Crippen molar-refractivity contribution in [3.63, 3.8) is 0 Å². The highest BCUT2D eigenvalue weighted by atomic mass is 79.9. The molecule has 2 rings (SSSR count). The molecule has 0 saturated heterocycles. The van der Waals surface area contributed by atoms with E-state index < -0.39 is 0 Å². The molecule has 0 spiro atoms. The minimum atomic E-state index is 0.112. The first-order valence-electron chi connectivity index (χ1n) is 6.34. The summed E-state index contributed by atoms with van der Waals surface area (Å²) in [5, 5.41) is 9.50. The topological polar surface area (TPSA) is 29.5 Å². The van der Waals surface area contributed by atoms with Gasteiger partial charge in [0, 0.05) is 10.4 Å². The van der Waals surface area contributed by atoms with Crippen molar-refractivity contribution < 1.29 is 9.84 Å². The van der Waals surface area contributed by atoms with E-state index in [0.29, 0.717) is 6.61 Å². The van der Waals surface area contributed by atoms with Crippen LogP contribution < -0.4 is 4.74 Å². The normalized spacial score (nSPS) is 12.1. The number of rotatable bonds is 6. The van der Waals surface area contributed by atoms with Gasteiger partial charge in [-0.2, -0.15) is 0 Å². The Labute approximate surface area is 122 Å². The van der Waals surface area contributed by atoms with E-state index in [1.54, 1.807) is 0 Å². The second-order valence-corrected chi connectivity index (χ2v) is 5.30. The molecular formula is C16H17BrO2. The van der Waals surface area contributed by atoms with E-state index in [1.165, 1.54) is 0 Å². The predicted molar refractivity (Wildman–Crippen MR) is 80.5 cm³/mol. The summed E-state index contributed by atoms with van der Waals surface area (Å²) in [7, 11) is 0. The maximum Gasteiger partial charge on any atom is 0.119 e. The van der Waals surface area contributed by atoms with Gasteiger partial charge in [0.25, 0.3) is 0 Å². The molecule has 0 radical (unpaired) electrons. The predicted octanol–water partition coefficient (Wildman–Crippen LogP) is 3.99. The Morgan fingerprint density at radius 1 is 1.05 bits per heavy atom.